The highest BCUT2D eigenvalue weighted by molar-refractivity contribution is 7.98. The number of anilines is 1. The summed E-state index contributed by atoms with van der Waals surface area (Å²) in [4.78, 5) is 10.7. The van der Waals surface area contributed by atoms with Gasteiger partial charge in [0.2, 0.25) is 0 Å². The molecule has 0 bridgehead atoms. The van der Waals surface area contributed by atoms with Gasteiger partial charge in [0.1, 0.15) is 0 Å². The van der Waals surface area contributed by atoms with E-state index in [1.807, 2.05) is 66.1 Å². The van der Waals surface area contributed by atoms with Gasteiger partial charge in [0.05, 0.1) is 11.5 Å². The van der Waals surface area contributed by atoms with Gasteiger partial charge in [-0.05, 0) is 36.2 Å². The molecule has 0 aliphatic heterocycles. The Hall–Kier alpha value is -3.36. The summed E-state index contributed by atoms with van der Waals surface area (Å²) in [6, 6.07) is 22.3. The number of hydrogen-bond donors (Lipinski definition) is 1. The van der Waals surface area contributed by atoms with Gasteiger partial charge in [-0.15, -0.1) is 10.2 Å². The van der Waals surface area contributed by atoms with Crippen molar-refractivity contribution in [1.82, 2.24) is 14.8 Å². The van der Waals surface area contributed by atoms with E-state index in [1.165, 1.54) is 12.1 Å². The van der Waals surface area contributed by atoms with Crippen molar-refractivity contribution >= 4 is 34.7 Å². The van der Waals surface area contributed by atoms with Crippen LogP contribution in [0.3, 0.4) is 0 Å². The average molecular weight is 466 g/mol. The van der Waals surface area contributed by atoms with Crippen LogP contribution in [-0.2, 0) is 12.3 Å². The number of aromatic nitrogens is 3. The zero-order valence-corrected chi connectivity index (χ0v) is 18.8. The van der Waals surface area contributed by atoms with Crippen molar-refractivity contribution in [2.24, 2.45) is 0 Å². The summed E-state index contributed by atoms with van der Waals surface area (Å²) in [5.74, 6) is 1.35. The number of nitro groups is 1. The summed E-state index contributed by atoms with van der Waals surface area (Å²) in [7, 11) is 0. The highest BCUT2D eigenvalue weighted by atomic mass is 35.5. The van der Waals surface area contributed by atoms with Gasteiger partial charge in [-0.1, -0.05) is 65.8 Å². The van der Waals surface area contributed by atoms with E-state index in [4.69, 9.17) is 11.6 Å². The molecule has 0 atom stereocenters. The molecule has 4 aromatic rings. The summed E-state index contributed by atoms with van der Waals surface area (Å²) in [5.41, 5.74) is 3.60. The quantitative estimate of drug-likeness (QED) is 0.194. The van der Waals surface area contributed by atoms with E-state index in [0.717, 1.165) is 22.0 Å². The smallest absolute Gasteiger partial charge is 0.271 e. The molecule has 0 aliphatic carbocycles. The first kappa shape index (κ1) is 21.9. The lowest BCUT2D eigenvalue weighted by atomic mass is 10.2. The third-order valence-corrected chi connectivity index (χ3v) is 6.24. The number of nitro benzene ring substituents is 1. The Morgan fingerprint density at radius 3 is 2.56 bits per heavy atom. The van der Waals surface area contributed by atoms with Gasteiger partial charge in [0.15, 0.2) is 11.0 Å². The number of rotatable bonds is 8. The molecule has 0 spiro atoms. The minimum atomic E-state index is -0.402. The maximum Gasteiger partial charge on any atom is 0.271 e. The SMILES string of the molecule is Cc1ccc([N+](=O)[O-])cc1NCc1nnc(SCc2ccccc2Cl)n1-c1ccccc1. The topological polar surface area (TPSA) is 85.9 Å². The zero-order chi connectivity index (χ0) is 22.5. The highest BCUT2D eigenvalue weighted by Gasteiger charge is 2.16. The van der Waals surface area contributed by atoms with Crippen LogP contribution in [0.15, 0.2) is 78.0 Å². The van der Waals surface area contributed by atoms with Gasteiger partial charge in [0.25, 0.3) is 5.69 Å². The van der Waals surface area contributed by atoms with Gasteiger partial charge in [0, 0.05) is 34.3 Å². The fourth-order valence-electron chi connectivity index (χ4n) is 3.19. The molecule has 1 N–H and O–H groups in total. The van der Waals surface area contributed by atoms with Crippen molar-refractivity contribution in [1.29, 1.82) is 0 Å². The van der Waals surface area contributed by atoms with Gasteiger partial charge in [-0.25, -0.2) is 0 Å². The number of para-hydroxylation sites is 1. The van der Waals surface area contributed by atoms with Crippen LogP contribution < -0.4 is 5.32 Å². The minimum absolute atomic E-state index is 0.0404. The van der Waals surface area contributed by atoms with Crippen LogP contribution in [0.4, 0.5) is 11.4 Å². The van der Waals surface area contributed by atoms with Crippen LogP contribution in [0, 0.1) is 17.0 Å². The van der Waals surface area contributed by atoms with E-state index in [0.29, 0.717) is 28.8 Å². The van der Waals surface area contributed by atoms with Gasteiger partial charge in [-0.2, -0.15) is 0 Å². The standard InChI is InChI=1S/C23H20ClN5O2S/c1-16-11-12-19(29(30)31)13-21(16)25-14-22-26-27-23(28(22)18-8-3-2-4-9-18)32-15-17-7-5-6-10-20(17)24/h2-13,25H,14-15H2,1H3. The number of thioether (sulfide) groups is 1. The number of nitrogens with zero attached hydrogens (tertiary/aromatic N) is 4. The molecule has 0 saturated heterocycles. The second-order valence-electron chi connectivity index (χ2n) is 7.06. The molecule has 0 radical (unpaired) electrons. The lowest BCUT2D eigenvalue weighted by Crippen LogP contribution is -2.09. The van der Waals surface area contributed by atoms with E-state index >= 15 is 0 Å². The Kier molecular flexibility index (Phi) is 6.72. The lowest BCUT2D eigenvalue weighted by Gasteiger charge is -2.12. The van der Waals surface area contributed by atoms with E-state index in [1.54, 1.807) is 17.8 Å². The van der Waals surface area contributed by atoms with Crippen molar-refractivity contribution < 1.29 is 4.92 Å². The van der Waals surface area contributed by atoms with E-state index < -0.39 is 4.92 Å². The molecule has 4 rings (SSSR count). The first-order valence-corrected chi connectivity index (χ1v) is 11.2. The first-order valence-electron chi connectivity index (χ1n) is 9.88. The van der Waals surface area contributed by atoms with Crippen LogP contribution in [0.5, 0.6) is 0 Å². The van der Waals surface area contributed by atoms with Crippen molar-refractivity contribution in [2.45, 2.75) is 24.4 Å². The van der Waals surface area contributed by atoms with Crippen molar-refractivity contribution in [3.63, 3.8) is 0 Å². The molecule has 3 aromatic carbocycles. The Labute approximate surface area is 194 Å². The molecule has 0 aliphatic rings. The maximum atomic E-state index is 11.1. The summed E-state index contributed by atoms with van der Waals surface area (Å²) in [6.07, 6.45) is 0. The summed E-state index contributed by atoms with van der Waals surface area (Å²) >= 11 is 7.85. The Morgan fingerprint density at radius 1 is 1.06 bits per heavy atom. The molecule has 32 heavy (non-hydrogen) atoms. The third-order valence-electron chi connectivity index (χ3n) is 4.90. The van der Waals surface area contributed by atoms with E-state index in [-0.39, 0.29) is 5.69 Å². The maximum absolute atomic E-state index is 11.1. The van der Waals surface area contributed by atoms with Crippen LogP contribution in [0.2, 0.25) is 5.02 Å². The Bertz CT molecular complexity index is 1250. The number of benzene rings is 3. The average Bonchev–Trinajstić information content (AvgIpc) is 3.21. The van der Waals surface area contributed by atoms with E-state index in [9.17, 15) is 10.1 Å². The fourth-order valence-corrected chi connectivity index (χ4v) is 4.45. The molecule has 0 saturated carbocycles. The number of hydrogen-bond acceptors (Lipinski definition) is 6. The molecule has 9 heteroatoms. The van der Waals surface area contributed by atoms with Crippen molar-refractivity contribution in [3.8, 4) is 5.69 Å². The van der Waals surface area contributed by atoms with Crippen molar-refractivity contribution in [3.05, 3.63) is 105 Å². The van der Waals surface area contributed by atoms with Crippen LogP contribution in [0.25, 0.3) is 5.69 Å². The summed E-state index contributed by atoms with van der Waals surface area (Å²) < 4.78 is 1.99. The lowest BCUT2D eigenvalue weighted by molar-refractivity contribution is -0.384. The van der Waals surface area contributed by atoms with Gasteiger partial charge < -0.3 is 5.32 Å². The predicted molar refractivity (Wildman–Crippen MR) is 128 cm³/mol. The number of nitrogens with one attached hydrogen (secondary N) is 1. The highest BCUT2D eigenvalue weighted by Crippen LogP contribution is 2.29. The largest absolute Gasteiger partial charge is 0.377 e. The Morgan fingerprint density at radius 2 is 1.81 bits per heavy atom. The molecule has 162 valence electrons. The summed E-state index contributed by atoms with van der Waals surface area (Å²) in [6.45, 7) is 2.26. The molecule has 0 amide bonds. The molecule has 0 unspecified atom stereocenters. The number of halogens is 1. The molecule has 1 aromatic heterocycles. The second kappa shape index (κ2) is 9.84. The molecule has 1 heterocycles. The normalized spacial score (nSPS) is 10.8. The van der Waals surface area contributed by atoms with Crippen molar-refractivity contribution in [2.75, 3.05) is 5.32 Å². The van der Waals surface area contributed by atoms with Crippen LogP contribution in [0.1, 0.15) is 17.0 Å². The number of non-ortho nitro benzene ring substituents is 1. The van der Waals surface area contributed by atoms with Crippen LogP contribution >= 0.6 is 23.4 Å². The zero-order valence-electron chi connectivity index (χ0n) is 17.2. The third kappa shape index (κ3) is 4.92. The van der Waals surface area contributed by atoms with Crippen LogP contribution in [-0.4, -0.2) is 19.7 Å². The monoisotopic (exact) mass is 465 g/mol. The Balaban J connectivity index is 1.61. The molecule has 0 fully saturated rings. The van der Waals surface area contributed by atoms with Gasteiger partial charge in [-0.3, -0.25) is 14.7 Å². The van der Waals surface area contributed by atoms with E-state index in [2.05, 4.69) is 15.5 Å². The fraction of sp³-hybridized carbons (Fsp3) is 0.130. The molecule has 7 nitrogen and oxygen atoms in total. The first-order chi connectivity index (χ1) is 15.5. The second-order valence-corrected chi connectivity index (χ2v) is 8.41. The molecular formula is C23H20ClN5O2S. The molecular weight excluding hydrogens is 446 g/mol. The summed E-state index contributed by atoms with van der Waals surface area (Å²) in [5, 5.41) is 24.7. The van der Waals surface area contributed by atoms with Gasteiger partial charge >= 0.3 is 0 Å². The number of aryl methyl sites for hydroxylation is 1. The minimum Gasteiger partial charge on any atom is -0.377 e. The predicted octanol–water partition coefficient (Wildman–Crippen LogP) is 6.04.